The SMILES string of the molecule is CN=C(NCc1ccccc1-c1ccc(Cn2cncn2)cc1)N1CC(C)C(C(=O)OC)C1.I. The van der Waals surface area contributed by atoms with Gasteiger partial charge in [-0.1, -0.05) is 55.5 Å². The Labute approximate surface area is 217 Å². The molecule has 2 atom stereocenters. The molecule has 0 aliphatic carbocycles. The van der Waals surface area contributed by atoms with E-state index in [2.05, 4.69) is 74.7 Å². The summed E-state index contributed by atoms with van der Waals surface area (Å²) in [6.07, 6.45) is 3.26. The molecule has 1 aliphatic rings. The van der Waals surface area contributed by atoms with Gasteiger partial charge in [0.15, 0.2) is 5.96 Å². The Morgan fingerprint density at radius 1 is 1.18 bits per heavy atom. The number of esters is 1. The molecule has 0 bridgehead atoms. The number of methoxy groups -OCH3 is 1. The maximum atomic E-state index is 12.1. The lowest BCUT2D eigenvalue weighted by atomic mass is 9.98. The van der Waals surface area contributed by atoms with E-state index < -0.39 is 0 Å². The first kappa shape index (κ1) is 25.7. The highest BCUT2D eigenvalue weighted by molar-refractivity contribution is 14.0. The number of aromatic nitrogens is 3. The van der Waals surface area contributed by atoms with Gasteiger partial charge >= 0.3 is 5.97 Å². The summed E-state index contributed by atoms with van der Waals surface area (Å²) in [6, 6.07) is 16.9. The van der Waals surface area contributed by atoms with Crippen LogP contribution in [0.3, 0.4) is 0 Å². The number of carbonyl (C=O) groups is 1. The normalized spacial score (nSPS) is 17.9. The van der Waals surface area contributed by atoms with Gasteiger partial charge in [0.1, 0.15) is 12.7 Å². The molecule has 34 heavy (non-hydrogen) atoms. The molecule has 8 nitrogen and oxygen atoms in total. The molecule has 4 rings (SSSR count). The Balaban J connectivity index is 0.00000324. The first-order valence-electron chi connectivity index (χ1n) is 11.1. The second-order valence-electron chi connectivity index (χ2n) is 8.36. The molecular weight excluding hydrogens is 543 g/mol. The zero-order chi connectivity index (χ0) is 23.2. The van der Waals surface area contributed by atoms with Crippen molar-refractivity contribution in [1.29, 1.82) is 0 Å². The second kappa shape index (κ2) is 12.0. The summed E-state index contributed by atoms with van der Waals surface area (Å²) in [5, 5.41) is 7.65. The van der Waals surface area contributed by atoms with Gasteiger partial charge in [0.25, 0.3) is 0 Å². The van der Waals surface area contributed by atoms with Crippen LogP contribution >= 0.6 is 24.0 Å². The maximum absolute atomic E-state index is 12.1. The molecule has 3 aromatic rings. The van der Waals surface area contributed by atoms with Crippen molar-refractivity contribution in [3.05, 3.63) is 72.3 Å². The van der Waals surface area contributed by atoms with Crippen LogP contribution in [0, 0.1) is 11.8 Å². The summed E-state index contributed by atoms with van der Waals surface area (Å²) in [6.45, 7) is 4.80. The van der Waals surface area contributed by atoms with Crippen molar-refractivity contribution in [2.45, 2.75) is 20.0 Å². The molecule has 0 saturated carbocycles. The Morgan fingerprint density at radius 3 is 2.62 bits per heavy atom. The number of rotatable bonds is 6. The number of nitrogens with zero attached hydrogens (tertiary/aromatic N) is 5. The largest absolute Gasteiger partial charge is 0.469 e. The average molecular weight is 574 g/mol. The van der Waals surface area contributed by atoms with Crippen LogP contribution in [0.4, 0.5) is 0 Å². The number of aliphatic imine (C=N–C) groups is 1. The predicted molar refractivity (Wildman–Crippen MR) is 143 cm³/mol. The smallest absolute Gasteiger partial charge is 0.310 e. The number of nitrogens with one attached hydrogen (secondary N) is 1. The minimum absolute atomic E-state index is 0. The quantitative estimate of drug-likeness (QED) is 0.210. The topological polar surface area (TPSA) is 84.6 Å². The highest BCUT2D eigenvalue weighted by Gasteiger charge is 2.36. The van der Waals surface area contributed by atoms with Gasteiger partial charge in [0.05, 0.1) is 19.6 Å². The molecule has 1 fully saturated rings. The van der Waals surface area contributed by atoms with Crippen LogP contribution in [0.25, 0.3) is 11.1 Å². The third-order valence-electron chi connectivity index (χ3n) is 6.16. The van der Waals surface area contributed by atoms with E-state index in [1.165, 1.54) is 23.8 Å². The van der Waals surface area contributed by atoms with E-state index in [1.54, 1.807) is 19.7 Å². The number of hydrogen-bond donors (Lipinski definition) is 1. The van der Waals surface area contributed by atoms with Gasteiger partial charge in [0, 0.05) is 26.7 Å². The highest BCUT2D eigenvalue weighted by atomic mass is 127. The average Bonchev–Trinajstić information content (AvgIpc) is 3.49. The number of hydrogen-bond acceptors (Lipinski definition) is 5. The fourth-order valence-electron chi connectivity index (χ4n) is 4.35. The van der Waals surface area contributed by atoms with Crippen molar-refractivity contribution in [2.24, 2.45) is 16.8 Å². The fourth-order valence-corrected chi connectivity index (χ4v) is 4.35. The van der Waals surface area contributed by atoms with Crippen LogP contribution in [0.1, 0.15) is 18.1 Å². The molecule has 180 valence electrons. The Hall–Kier alpha value is -2.95. The van der Waals surface area contributed by atoms with Crippen LogP contribution in [0.5, 0.6) is 0 Å². The van der Waals surface area contributed by atoms with Crippen LogP contribution in [0.15, 0.2) is 66.2 Å². The second-order valence-corrected chi connectivity index (χ2v) is 8.36. The van der Waals surface area contributed by atoms with Crippen molar-refractivity contribution < 1.29 is 9.53 Å². The molecular formula is C25H31IN6O2. The van der Waals surface area contributed by atoms with E-state index in [-0.39, 0.29) is 41.8 Å². The summed E-state index contributed by atoms with van der Waals surface area (Å²) in [7, 11) is 3.22. The molecule has 0 spiro atoms. The Kier molecular flexibility index (Phi) is 9.03. The summed E-state index contributed by atoms with van der Waals surface area (Å²) < 4.78 is 6.77. The van der Waals surface area contributed by atoms with Crippen LogP contribution in [-0.2, 0) is 22.6 Å². The van der Waals surface area contributed by atoms with Crippen molar-refractivity contribution >= 4 is 35.9 Å². The van der Waals surface area contributed by atoms with Crippen LogP contribution in [-0.4, -0.2) is 58.8 Å². The highest BCUT2D eigenvalue weighted by Crippen LogP contribution is 2.26. The van der Waals surface area contributed by atoms with Gasteiger partial charge in [0.2, 0.25) is 0 Å². The number of carbonyl (C=O) groups excluding carboxylic acids is 1. The van der Waals surface area contributed by atoms with Gasteiger partial charge in [-0.15, -0.1) is 24.0 Å². The van der Waals surface area contributed by atoms with Gasteiger partial charge in [-0.2, -0.15) is 5.10 Å². The van der Waals surface area contributed by atoms with E-state index in [9.17, 15) is 4.79 Å². The molecule has 0 amide bonds. The monoisotopic (exact) mass is 574 g/mol. The standard InChI is InChI=1S/C25H30N6O2.HI/c1-18-13-30(15-23(18)24(32)33-3)25(26-2)28-12-21-6-4-5-7-22(21)20-10-8-19(9-11-20)14-31-17-27-16-29-31;/h4-11,16-18,23H,12-15H2,1-3H3,(H,26,28);1H. The van der Waals surface area contributed by atoms with Crippen molar-refractivity contribution in [3.8, 4) is 11.1 Å². The van der Waals surface area contributed by atoms with E-state index >= 15 is 0 Å². The van der Waals surface area contributed by atoms with E-state index in [0.717, 1.165) is 18.1 Å². The molecule has 1 aliphatic heterocycles. The molecule has 2 heterocycles. The van der Waals surface area contributed by atoms with Gasteiger partial charge < -0.3 is 15.0 Å². The minimum atomic E-state index is -0.155. The fraction of sp³-hybridized carbons (Fsp3) is 0.360. The van der Waals surface area contributed by atoms with Gasteiger partial charge in [-0.25, -0.2) is 9.67 Å². The number of likely N-dealkylation sites (tertiary alicyclic amines) is 1. The summed E-state index contributed by atoms with van der Waals surface area (Å²) >= 11 is 0. The lowest BCUT2D eigenvalue weighted by Crippen LogP contribution is -2.40. The third kappa shape index (κ3) is 5.94. The minimum Gasteiger partial charge on any atom is -0.469 e. The zero-order valence-corrected chi connectivity index (χ0v) is 22.0. The summed E-state index contributed by atoms with van der Waals surface area (Å²) in [5.41, 5.74) is 4.68. The van der Waals surface area contributed by atoms with Gasteiger partial charge in [-0.05, 0) is 28.2 Å². The van der Waals surface area contributed by atoms with Crippen molar-refractivity contribution in [3.63, 3.8) is 0 Å². The summed E-state index contributed by atoms with van der Waals surface area (Å²) in [4.78, 5) is 22.6. The maximum Gasteiger partial charge on any atom is 0.310 e. The zero-order valence-electron chi connectivity index (χ0n) is 19.7. The van der Waals surface area contributed by atoms with Crippen LogP contribution < -0.4 is 5.32 Å². The van der Waals surface area contributed by atoms with E-state index in [1.807, 2.05) is 10.7 Å². The molecule has 1 N–H and O–H groups in total. The van der Waals surface area contributed by atoms with Gasteiger partial charge in [-0.3, -0.25) is 9.79 Å². The van der Waals surface area contributed by atoms with Crippen molar-refractivity contribution in [1.82, 2.24) is 25.0 Å². The number of guanidine groups is 1. The number of halogens is 1. The first-order chi connectivity index (χ1) is 16.1. The van der Waals surface area contributed by atoms with Crippen molar-refractivity contribution in [2.75, 3.05) is 27.2 Å². The Bertz CT molecular complexity index is 1100. The first-order valence-corrected chi connectivity index (χ1v) is 11.1. The van der Waals surface area contributed by atoms with E-state index in [0.29, 0.717) is 19.6 Å². The lowest BCUT2D eigenvalue weighted by Gasteiger charge is -2.22. The lowest BCUT2D eigenvalue weighted by molar-refractivity contribution is -0.145. The molecule has 2 aromatic carbocycles. The molecule has 1 aromatic heterocycles. The number of ether oxygens (including phenoxy) is 1. The predicted octanol–water partition coefficient (Wildman–Crippen LogP) is 3.43. The molecule has 2 unspecified atom stereocenters. The molecule has 1 saturated heterocycles. The van der Waals surface area contributed by atoms with Crippen LogP contribution in [0.2, 0.25) is 0 Å². The molecule has 0 radical (unpaired) electrons. The Morgan fingerprint density at radius 2 is 1.94 bits per heavy atom. The van der Waals surface area contributed by atoms with E-state index in [4.69, 9.17) is 4.74 Å². The third-order valence-corrected chi connectivity index (χ3v) is 6.16. The molecule has 9 heteroatoms. The summed E-state index contributed by atoms with van der Waals surface area (Å²) in [5.74, 6) is 0.737. The number of benzene rings is 2.